The summed E-state index contributed by atoms with van der Waals surface area (Å²) < 4.78 is 25.8. The molecule has 1 fully saturated rings. The molecule has 0 N–H and O–H groups in total. The fourth-order valence-corrected chi connectivity index (χ4v) is 4.14. The van der Waals surface area contributed by atoms with Crippen molar-refractivity contribution in [3.05, 3.63) is 29.3 Å². The topological polar surface area (TPSA) is 57.7 Å². The fraction of sp³-hybridized carbons (Fsp3) is 0.611. The van der Waals surface area contributed by atoms with Gasteiger partial charge in [0.1, 0.15) is 0 Å². The second-order valence-electron chi connectivity index (χ2n) is 6.67. The average Bonchev–Trinajstić information content (AvgIpc) is 2.53. The summed E-state index contributed by atoms with van der Waals surface area (Å²) in [6.07, 6.45) is 5.50. The summed E-state index contributed by atoms with van der Waals surface area (Å²) in [4.78, 5) is 14.2. The molecular formula is C18H28N2O3S. The lowest BCUT2D eigenvalue weighted by atomic mass is 10.1. The maximum Gasteiger partial charge on any atom is 0.232 e. The van der Waals surface area contributed by atoms with Gasteiger partial charge >= 0.3 is 0 Å². The van der Waals surface area contributed by atoms with Gasteiger partial charge in [-0.1, -0.05) is 12.1 Å². The van der Waals surface area contributed by atoms with Gasteiger partial charge in [-0.3, -0.25) is 9.10 Å². The highest BCUT2D eigenvalue weighted by molar-refractivity contribution is 7.92. The number of anilines is 1. The molecule has 0 unspecified atom stereocenters. The van der Waals surface area contributed by atoms with Crippen molar-refractivity contribution in [1.29, 1.82) is 0 Å². The Morgan fingerprint density at radius 2 is 1.83 bits per heavy atom. The second kappa shape index (κ2) is 8.01. The van der Waals surface area contributed by atoms with Gasteiger partial charge in [0, 0.05) is 26.1 Å². The van der Waals surface area contributed by atoms with Crippen LogP contribution in [0.1, 0.15) is 43.2 Å². The number of nitrogens with zero attached hydrogens (tertiary/aromatic N) is 2. The van der Waals surface area contributed by atoms with Crippen LogP contribution >= 0.6 is 0 Å². The van der Waals surface area contributed by atoms with Crippen molar-refractivity contribution in [1.82, 2.24) is 4.90 Å². The summed E-state index contributed by atoms with van der Waals surface area (Å²) in [5.41, 5.74) is 2.66. The number of likely N-dealkylation sites (tertiary alicyclic amines) is 1. The molecular weight excluding hydrogens is 324 g/mol. The van der Waals surface area contributed by atoms with E-state index in [1.807, 2.05) is 36.9 Å². The summed E-state index contributed by atoms with van der Waals surface area (Å²) in [5.74, 6) is 0.143. The maximum atomic E-state index is 12.2. The summed E-state index contributed by atoms with van der Waals surface area (Å²) in [5, 5.41) is 0. The number of aryl methyl sites for hydroxylation is 2. The lowest BCUT2D eigenvalue weighted by Crippen LogP contribution is -2.36. The molecule has 0 bridgehead atoms. The van der Waals surface area contributed by atoms with E-state index in [0.29, 0.717) is 25.1 Å². The number of hydrogen-bond donors (Lipinski definition) is 0. The van der Waals surface area contributed by atoms with Crippen molar-refractivity contribution in [2.24, 2.45) is 0 Å². The van der Waals surface area contributed by atoms with E-state index in [1.54, 1.807) is 0 Å². The van der Waals surface area contributed by atoms with E-state index in [2.05, 4.69) is 0 Å². The summed E-state index contributed by atoms with van der Waals surface area (Å²) in [6.45, 7) is 5.87. The quantitative estimate of drug-likeness (QED) is 0.791. The highest BCUT2D eigenvalue weighted by atomic mass is 32.2. The van der Waals surface area contributed by atoms with Crippen molar-refractivity contribution < 1.29 is 13.2 Å². The summed E-state index contributed by atoms with van der Waals surface area (Å²) >= 11 is 0. The van der Waals surface area contributed by atoms with Crippen LogP contribution in [0.15, 0.2) is 18.2 Å². The Hall–Kier alpha value is -1.56. The molecule has 0 radical (unpaired) electrons. The monoisotopic (exact) mass is 352 g/mol. The third-order valence-electron chi connectivity index (χ3n) is 4.49. The van der Waals surface area contributed by atoms with Crippen LogP contribution in [-0.4, -0.2) is 45.1 Å². The minimum absolute atomic E-state index is 0.143. The first kappa shape index (κ1) is 18.8. The van der Waals surface area contributed by atoms with Gasteiger partial charge in [-0.2, -0.15) is 0 Å². The molecule has 1 aromatic rings. The third kappa shape index (κ3) is 4.97. The van der Waals surface area contributed by atoms with E-state index in [9.17, 15) is 13.2 Å². The van der Waals surface area contributed by atoms with Crippen LogP contribution in [-0.2, 0) is 14.8 Å². The molecule has 1 saturated heterocycles. The zero-order valence-electron chi connectivity index (χ0n) is 14.9. The van der Waals surface area contributed by atoms with Gasteiger partial charge in [-0.05, 0) is 56.7 Å². The van der Waals surface area contributed by atoms with Crippen LogP contribution in [0.2, 0.25) is 0 Å². The highest BCUT2D eigenvalue weighted by Gasteiger charge is 2.21. The molecule has 24 heavy (non-hydrogen) atoms. The Labute approximate surface area is 145 Å². The van der Waals surface area contributed by atoms with Gasteiger partial charge in [0.15, 0.2) is 0 Å². The number of carbonyl (C=O) groups excluding carboxylic acids is 1. The molecule has 1 heterocycles. The number of carbonyl (C=O) groups is 1. The van der Waals surface area contributed by atoms with Crippen LogP contribution < -0.4 is 4.31 Å². The van der Waals surface area contributed by atoms with Crippen LogP contribution in [0.3, 0.4) is 0 Å². The van der Waals surface area contributed by atoms with E-state index >= 15 is 0 Å². The zero-order chi connectivity index (χ0) is 17.7. The van der Waals surface area contributed by atoms with E-state index < -0.39 is 10.0 Å². The van der Waals surface area contributed by atoms with Gasteiger partial charge in [0.05, 0.1) is 11.9 Å². The van der Waals surface area contributed by atoms with E-state index in [1.165, 1.54) is 17.0 Å². The molecule has 1 aliphatic rings. The molecule has 2 rings (SSSR count). The van der Waals surface area contributed by atoms with Crippen molar-refractivity contribution in [3.8, 4) is 0 Å². The smallest absolute Gasteiger partial charge is 0.232 e. The normalized spacial score (nSPS) is 15.4. The predicted molar refractivity (Wildman–Crippen MR) is 97.8 cm³/mol. The molecule has 6 heteroatoms. The number of hydrogen-bond acceptors (Lipinski definition) is 3. The molecule has 0 spiro atoms. The Balaban J connectivity index is 2.02. The molecule has 1 aliphatic heterocycles. The molecule has 0 saturated carbocycles. The molecule has 0 atom stereocenters. The Kier molecular flexibility index (Phi) is 6.27. The number of piperidine rings is 1. The minimum Gasteiger partial charge on any atom is -0.343 e. The predicted octanol–water partition coefficient (Wildman–Crippen LogP) is 2.86. The standard InChI is InChI=1S/C18H28N2O3S/c1-15-9-10-16(2)17(14-15)20(24(3,22)23)13-7-8-18(21)19-11-5-4-6-12-19/h9-10,14H,4-8,11-13H2,1-3H3. The molecule has 1 amide bonds. The van der Waals surface area contributed by atoms with Crippen molar-refractivity contribution in [3.63, 3.8) is 0 Å². The van der Waals surface area contributed by atoms with E-state index in [-0.39, 0.29) is 5.91 Å². The third-order valence-corrected chi connectivity index (χ3v) is 5.67. The number of amides is 1. The van der Waals surface area contributed by atoms with Crippen molar-refractivity contribution in [2.45, 2.75) is 46.0 Å². The Bertz CT molecular complexity index is 680. The molecule has 1 aromatic carbocycles. The number of benzene rings is 1. The van der Waals surface area contributed by atoms with Crippen LogP contribution in [0, 0.1) is 13.8 Å². The van der Waals surface area contributed by atoms with Crippen molar-refractivity contribution >= 4 is 21.6 Å². The summed E-state index contributed by atoms with van der Waals surface area (Å²) in [6, 6.07) is 5.80. The number of sulfonamides is 1. The van der Waals surface area contributed by atoms with Gasteiger partial charge in [-0.15, -0.1) is 0 Å². The van der Waals surface area contributed by atoms with Gasteiger partial charge < -0.3 is 4.90 Å². The molecule has 5 nitrogen and oxygen atoms in total. The maximum absolute atomic E-state index is 12.2. The first-order chi connectivity index (χ1) is 11.3. The first-order valence-electron chi connectivity index (χ1n) is 8.62. The summed E-state index contributed by atoms with van der Waals surface area (Å²) in [7, 11) is -3.37. The zero-order valence-corrected chi connectivity index (χ0v) is 15.7. The lowest BCUT2D eigenvalue weighted by molar-refractivity contribution is -0.132. The molecule has 134 valence electrons. The lowest BCUT2D eigenvalue weighted by Gasteiger charge is -2.28. The second-order valence-corrected chi connectivity index (χ2v) is 8.58. The van der Waals surface area contributed by atoms with Crippen LogP contribution in [0.4, 0.5) is 5.69 Å². The SMILES string of the molecule is Cc1ccc(C)c(N(CCCC(=O)N2CCCCC2)S(C)(=O)=O)c1. The van der Waals surface area contributed by atoms with Gasteiger partial charge in [0.2, 0.25) is 15.9 Å². The largest absolute Gasteiger partial charge is 0.343 e. The van der Waals surface area contributed by atoms with Gasteiger partial charge in [-0.25, -0.2) is 8.42 Å². The van der Waals surface area contributed by atoms with Crippen molar-refractivity contribution in [2.75, 3.05) is 30.2 Å². The first-order valence-corrected chi connectivity index (χ1v) is 10.5. The van der Waals surface area contributed by atoms with Gasteiger partial charge in [0.25, 0.3) is 0 Å². The Morgan fingerprint density at radius 3 is 2.46 bits per heavy atom. The fourth-order valence-electron chi connectivity index (χ4n) is 3.13. The number of rotatable bonds is 6. The van der Waals surface area contributed by atoms with E-state index in [4.69, 9.17) is 0 Å². The van der Waals surface area contributed by atoms with Crippen LogP contribution in [0.25, 0.3) is 0 Å². The van der Waals surface area contributed by atoms with E-state index in [0.717, 1.165) is 37.1 Å². The van der Waals surface area contributed by atoms with Crippen LogP contribution in [0.5, 0.6) is 0 Å². The Morgan fingerprint density at radius 1 is 1.17 bits per heavy atom. The molecule has 0 aromatic heterocycles. The molecule has 0 aliphatic carbocycles. The average molecular weight is 353 g/mol. The highest BCUT2D eigenvalue weighted by Crippen LogP contribution is 2.24. The minimum atomic E-state index is -3.37.